The van der Waals surface area contributed by atoms with Crippen molar-refractivity contribution in [2.75, 3.05) is 19.8 Å². The van der Waals surface area contributed by atoms with Crippen molar-refractivity contribution in [2.24, 2.45) is 0 Å². The Morgan fingerprint density at radius 1 is 1.35 bits per heavy atom. The molecule has 1 aromatic rings. The lowest BCUT2D eigenvalue weighted by Gasteiger charge is -2.20. The molecule has 0 bridgehead atoms. The first kappa shape index (κ1) is 12.5. The number of ether oxygens (including phenoxy) is 2. The number of benzene rings is 1. The molecule has 1 aromatic carbocycles. The molecule has 4 heteroatoms. The predicted octanol–water partition coefficient (Wildman–Crippen LogP) is 2.89. The summed E-state index contributed by atoms with van der Waals surface area (Å²) in [7, 11) is 0. The van der Waals surface area contributed by atoms with Crippen LogP contribution in [0.3, 0.4) is 0 Å². The van der Waals surface area contributed by atoms with Crippen molar-refractivity contribution < 1.29 is 9.47 Å². The van der Waals surface area contributed by atoms with E-state index in [1.54, 1.807) is 0 Å². The van der Waals surface area contributed by atoms with Crippen LogP contribution in [-0.2, 0) is 6.54 Å². The standard InChI is InChI=1S/C13H16BrNO2/c1-2-3-4-15-9-10-7-11(14)13-12(8-10)16-5-6-17-13/h2,7-8,15H,1,3-6,9H2. The van der Waals surface area contributed by atoms with Crippen LogP contribution in [0.25, 0.3) is 0 Å². The summed E-state index contributed by atoms with van der Waals surface area (Å²) in [5.41, 5.74) is 1.19. The third-order valence-electron chi connectivity index (χ3n) is 2.51. The van der Waals surface area contributed by atoms with Crippen molar-refractivity contribution in [2.45, 2.75) is 13.0 Å². The molecule has 0 saturated carbocycles. The summed E-state index contributed by atoms with van der Waals surface area (Å²) in [6.45, 7) is 6.69. The van der Waals surface area contributed by atoms with Gasteiger partial charge in [-0.2, -0.15) is 0 Å². The lowest BCUT2D eigenvalue weighted by atomic mass is 10.2. The van der Waals surface area contributed by atoms with E-state index in [-0.39, 0.29) is 0 Å². The van der Waals surface area contributed by atoms with Gasteiger partial charge in [0.25, 0.3) is 0 Å². The zero-order chi connectivity index (χ0) is 12.1. The van der Waals surface area contributed by atoms with Gasteiger partial charge in [0.2, 0.25) is 0 Å². The van der Waals surface area contributed by atoms with Crippen LogP contribution in [-0.4, -0.2) is 19.8 Å². The minimum absolute atomic E-state index is 0.614. The summed E-state index contributed by atoms with van der Waals surface area (Å²) in [6, 6.07) is 4.09. The molecule has 0 atom stereocenters. The Kier molecular flexibility index (Phi) is 4.45. The van der Waals surface area contributed by atoms with Crippen LogP contribution in [0.15, 0.2) is 29.3 Å². The second-order valence-corrected chi connectivity index (χ2v) is 4.71. The van der Waals surface area contributed by atoms with Gasteiger partial charge in [-0.05, 0) is 46.6 Å². The smallest absolute Gasteiger partial charge is 0.175 e. The van der Waals surface area contributed by atoms with E-state index < -0.39 is 0 Å². The summed E-state index contributed by atoms with van der Waals surface area (Å²) < 4.78 is 12.1. The Labute approximate surface area is 110 Å². The largest absolute Gasteiger partial charge is 0.486 e. The topological polar surface area (TPSA) is 30.5 Å². The van der Waals surface area contributed by atoms with Crippen LogP contribution in [0.5, 0.6) is 11.5 Å². The van der Waals surface area contributed by atoms with E-state index in [1.165, 1.54) is 5.56 Å². The van der Waals surface area contributed by atoms with E-state index in [0.717, 1.165) is 35.5 Å². The molecule has 0 radical (unpaired) electrons. The molecule has 0 saturated heterocycles. The van der Waals surface area contributed by atoms with Gasteiger partial charge in [-0.25, -0.2) is 0 Å². The highest BCUT2D eigenvalue weighted by Crippen LogP contribution is 2.38. The fraction of sp³-hybridized carbons (Fsp3) is 0.385. The van der Waals surface area contributed by atoms with E-state index in [0.29, 0.717) is 13.2 Å². The third kappa shape index (κ3) is 3.23. The highest BCUT2D eigenvalue weighted by molar-refractivity contribution is 9.10. The van der Waals surface area contributed by atoms with Crippen molar-refractivity contribution >= 4 is 15.9 Å². The summed E-state index contributed by atoms with van der Waals surface area (Å²) in [5.74, 6) is 1.64. The molecule has 1 N–H and O–H groups in total. The Hall–Kier alpha value is -1.00. The Morgan fingerprint density at radius 2 is 2.18 bits per heavy atom. The lowest BCUT2D eigenvalue weighted by molar-refractivity contribution is 0.170. The van der Waals surface area contributed by atoms with Crippen LogP contribution in [0.4, 0.5) is 0 Å². The van der Waals surface area contributed by atoms with Gasteiger partial charge in [0.05, 0.1) is 4.47 Å². The summed E-state index contributed by atoms with van der Waals surface area (Å²) >= 11 is 3.51. The van der Waals surface area contributed by atoms with E-state index in [9.17, 15) is 0 Å². The van der Waals surface area contributed by atoms with Gasteiger partial charge in [0.1, 0.15) is 13.2 Å². The second-order valence-electron chi connectivity index (χ2n) is 3.86. The maximum atomic E-state index is 5.57. The zero-order valence-electron chi connectivity index (χ0n) is 9.67. The van der Waals surface area contributed by atoms with Crippen molar-refractivity contribution in [3.63, 3.8) is 0 Å². The fourth-order valence-electron chi connectivity index (χ4n) is 1.70. The maximum absolute atomic E-state index is 5.57. The first-order chi connectivity index (χ1) is 8.31. The molecule has 1 aliphatic heterocycles. The molecule has 3 nitrogen and oxygen atoms in total. The van der Waals surface area contributed by atoms with Crippen molar-refractivity contribution in [3.8, 4) is 11.5 Å². The van der Waals surface area contributed by atoms with Crippen molar-refractivity contribution in [1.29, 1.82) is 0 Å². The van der Waals surface area contributed by atoms with Gasteiger partial charge >= 0.3 is 0 Å². The molecular weight excluding hydrogens is 282 g/mol. The first-order valence-electron chi connectivity index (χ1n) is 5.71. The van der Waals surface area contributed by atoms with Crippen LogP contribution in [0.1, 0.15) is 12.0 Å². The van der Waals surface area contributed by atoms with Crippen molar-refractivity contribution in [3.05, 3.63) is 34.8 Å². The van der Waals surface area contributed by atoms with Crippen LogP contribution in [0, 0.1) is 0 Å². The van der Waals surface area contributed by atoms with Gasteiger partial charge in [-0.15, -0.1) is 6.58 Å². The molecular formula is C13H16BrNO2. The molecule has 17 heavy (non-hydrogen) atoms. The highest BCUT2D eigenvalue weighted by atomic mass is 79.9. The number of rotatable bonds is 5. The molecule has 0 aromatic heterocycles. The third-order valence-corrected chi connectivity index (χ3v) is 3.10. The predicted molar refractivity (Wildman–Crippen MR) is 71.7 cm³/mol. The second kappa shape index (κ2) is 6.07. The van der Waals surface area contributed by atoms with Gasteiger partial charge in [-0.1, -0.05) is 6.08 Å². The highest BCUT2D eigenvalue weighted by Gasteiger charge is 2.15. The lowest BCUT2D eigenvalue weighted by Crippen LogP contribution is -2.17. The maximum Gasteiger partial charge on any atom is 0.175 e. The van der Waals surface area contributed by atoms with E-state index >= 15 is 0 Å². The summed E-state index contributed by atoms with van der Waals surface area (Å²) in [6.07, 6.45) is 2.89. The monoisotopic (exact) mass is 297 g/mol. The van der Waals surface area contributed by atoms with E-state index in [2.05, 4.69) is 33.9 Å². The molecule has 2 rings (SSSR count). The van der Waals surface area contributed by atoms with Crippen LogP contribution in [0.2, 0.25) is 0 Å². The number of halogens is 1. The number of fused-ring (bicyclic) bond motifs is 1. The van der Waals surface area contributed by atoms with Gasteiger partial charge in [0.15, 0.2) is 11.5 Å². The molecule has 1 heterocycles. The molecule has 0 fully saturated rings. The molecule has 0 unspecified atom stereocenters. The molecule has 1 aliphatic rings. The number of nitrogens with one attached hydrogen (secondary N) is 1. The van der Waals surface area contributed by atoms with E-state index in [1.807, 2.05) is 12.1 Å². The number of hydrogen-bond donors (Lipinski definition) is 1. The summed E-state index contributed by atoms with van der Waals surface area (Å²) in [4.78, 5) is 0. The molecule has 0 spiro atoms. The first-order valence-corrected chi connectivity index (χ1v) is 6.50. The van der Waals surface area contributed by atoms with Crippen LogP contribution >= 0.6 is 15.9 Å². The van der Waals surface area contributed by atoms with E-state index in [4.69, 9.17) is 9.47 Å². The Balaban J connectivity index is 2.03. The Bertz CT molecular complexity index is 407. The normalized spacial score (nSPS) is 13.5. The number of hydrogen-bond acceptors (Lipinski definition) is 3. The average Bonchev–Trinajstić information content (AvgIpc) is 2.35. The minimum Gasteiger partial charge on any atom is -0.486 e. The molecule has 0 amide bonds. The zero-order valence-corrected chi connectivity index (χ0v) is 11.3. The van der Waals surface area contributed by atoms with Gasteiger partial charge in [-0.3, -0.25) is 0 Å². The Morgan fingerprint density at radius 3 is 3.00 bits per heavy atom. The van der Waals surface area contributed by atoms with Gasteiger partial charge < -0.3 is 14.8 Å². The molecule has 92 valence electrons. The SMILES string of the molecule is C=CCCNCc1cc(Br)c2c(c1)OCCO2. The minimum atomic E-state index is 0.614. The quantitative estimate of drug-likeness (QED) is 0.670. The average molecular weight is 298 g/mol. The van der Waals surface area contributed by atoms with Crippen molar-refractivity contribution in [1.82, 2.24) is 5.32 Å². The van der Waals surface area contributed by atoms with Crippen LogP contribution < -0.4 is 14.8 Å². The van der Waals surface area contributed by atoms with Gasteiger partial charge in [0, 0.05) is 6.54 Å². The molecule has 0 aliphatic carbocycles. The fourth-order valence-corrected chi connectivity index (χ4v) is 2.31. The summed E-state index contributed by atoms with van der Waals surface area (Å²) in [5, 5.41) is 3.35.